The molecule has 0 radical (unpaired) electrons. The van der Waals surface area contributed by atoms with Crippen LogP contribution in [0.25, 0.3) is 0 Å². The van der Waals surface area contributed by atoms with Gasteiger partial charge in [0.05, 0.1) is 28.8 Å². The van der Waals surface area contributed by atoms with Crippen LogP contribution in [0.5, 0.6) is 0 Å². The van der Waals surface area contributed by atoms with Gasteiger partial charge in [0, 0.05) is 5.56 Å². The standard InChI is InChI=1S/C16H9ClN2O2/c17-13-7-10(9-18)5-6-14(13)19-15(20)8-11-3-1-2-4-12(11)16(19)21/h1-7H,8H2. The number of hydrogen-bond acceptors (Lipinski definition) is 3. The van der Waals surface area contributed by atoms with E-state index in [0.717, 1.165) is 4.90 Å². The lowest BCUT2D eigenvalue weighted by Crippen LogP contribution is -2.42. The first-order valence-corrected chi connectivity index (χ1v) is 6.64. The lowest BCUT2D eigenvalue weighted by molar-refractivity contribution is -0.117. The molecule has 0 unspecified atom stereocenters. The molecule has 0 aromatic heterocycles. The Hall–Kier alpha value is -2.64. The van der Waals surface area contributed by atoms with Gasteiger partial charge in [-0.15, -0.1) is 0 Å². The van der Waals surface area contributed by atoms with Crippen LogP contribution in [-0.4, -0.2) is 11.8 Å². The maximum atomic E-state index is 12.5. The van der Waals surface area contributed by atoms with E-state index in [2.05, 4.69) is 0 Å². The topological polar surface area (TPSA) is 61.2 Å². The number of fused-ring (bicyclic) bond motifs is 1. The van der Waals surface area contributed by atoms with Crippen LogP contribution in [0.2, 0.25) is 5.02 Å². The number of imide groups is 1. The molecule has 21 heavy (non-hydrogen) atoms. The van der Waals surface area contributed by atoms with Crippen LogP contribution >= 0.6 is 11.6 Å². The Bertz CT molecular complexity index is 808. The zero-order valence-corrected chi connectivity index (χ0v) is 11.6. The second kappa shape index (κ2) is 5.04. The first kappa shape index (κ1) is 13.3. The number of hydrogen-bond donors (Lipinski definition) is 0. The van der Waals surface area contributed by atoms with Crippen LogP contribution in [-0.2, 0) is 11.2 Å². The highest BCUT2D eigenvalue weighted by molar-refractivity contribution is 6.36. The Labute approximate surface area is 126 Å². The monoisotopic (exact) mass is 296 g/mol. The fourth-order valence-electron chi connectivity index (χ4n) is 2.36. The highest BCUT2D eigenvalue weighted by Gasteiger charge is 2.32. The lowest BCUT2D eigenvalue weighted by Gasteiger charge is -2.27. The van der Waals surface area contributed by atoms with Gasteiger partial charge in [-0.3, -0.25) is 9.59 Å². The van der Waals surface area contributed by atoms with E-state index >= 15 is 0 Å². The third kappa shape index (κ3) is 2.18. The summed E-state index contributed by atoms with van der Waals surface area (Å²) in [7, 11) is 0. The van der Waals surface area contributed by atoms with E-state index in [-0.39, 0.29) is 17.4 Å². The summed E-state index contributed by atoms with van der Waals surface area (Å²) >= 11 is 6.10. The van der Waals surface area contributed by atoms with Crippen molar-refractivity contribution in [2.45, 2.75) is 6.42 Å². The van der Waals surface area contributed by atoms with Crippen LogP contribution in [0.15, 0.2) is 42.5 Å². The summed E-state index contributed by atoms with van der Waals surface area (Å²) in [6.07, 6.45) is 0.151. The zero-order chi connectivity index (χ0) is 15.0. The normalized spacial score (nSPS) is 13.8. The van der Waals surface area contributed by atoms with Crippen molar-refractivity contribution in [3.63, 3.8) is 0 Å². The predicted octanol–water partition coefficient (Wildman–Crippen LogP) is 2.94. The fourth-order valence-corrected chi connectivity index (χ4v) is 2.63. The largest absolute Gasteiger partial charge is 0.274 e. The van der Waals surface area contributed by atoms with Gasteiger partial charge in [-0.05, 0) is 29.8 Å². The van der Waals surface area contributed by atoms with Gasteiger partial charge < -0.3 is 0 Å². The molecule has 0 N–H and O–H groups in total. The molecule has 0 atom stereocenters. The molecule has 2 aromatic rings. The first-order valence-electron chi connectivity index (χ1n) is 6.26. The number of rotatable bonds is 1. The fraction of sp³-hybridized carbons (Fsp3) is 0.0625. The van der Waals surface area contributed by atoms with E-state index in [0.29, 0.717) is 22.4 Å². The van der Waals surface area contributed by atoms with Crippen molar-refractivity contribution in [3.8, 4) is 6.07 Å². The molecule has 2 aromatic carbocycles. The second-order valence-electron chi connectivity index (χ2n) is 4.65. The van der Waals surface area contributed by atoms with E-state index < -0.39 is 5.91 Å². The van der Waals surface area contributed by atoms with Crippen LogP contribution in [0.1, 0.15) is 21.5 Å². The molecule has 1 aliphatic heterocycles. The van der Waals surface area contributed by atoms with Crippen LogP contribution in [0, 0.1) is 11.3 Å². The smallest absolute Gasteiger partial charge is 0.265 e. The summed E-state index contributed by atoms with van der Waals surface area (Å²) in [5, 5.41) is 9.05. The number of halogens is 1. The van der Waals surface area contributed by atoms with Crippen molar-refractivity contribution < 1.29 is 9.59 Å². The van der Waals surface area contributed by atoms with Crippen molar-refractivity contribution in [1.29, 1.82) is 5.26 Å². The van der Waals surface area contributed by atoms with Gasteiger partial charge in [-0.2, -0.15) is 5.26 Å². The highest BCUT2D eigenvalue weighted by Crippen LogP contribution is 2.31. The Morgan fingerprint density at radius 3 is 2.62 bits per heavy atom. The summed E-state index contributed by atoms with van der Waals surface area (Å²) < 4.78 is 0. The van der Waals surface area contributed by atoms with Crippen molar-refractivity contribution in [1.82, 2.24) is 0 Å². The van der Waals surface area contributed by atoms with Crippen molar-refractivity contribution in [2.75, 3.05) is 4.90 Å². The molecule has 5 heteroatoms. The molecular weight excluding hydrogens is 288 g/mol. The number of benzene rings is 2. The number of anilines is 1. The molecular formula is C16H9ClN2O2. The molecule has 2 amide bonds. The molecule has 0 saturated carbocycles. The van der Waals surface area contributed by atoms with E-state index in [1.54, 1.807) is 24.3 Å². The minimum atomic E-state index is -0.395. The molecule has 0 fully saturated rings. The van der Waals surface area contributed by atoms with Gasteiger partial charge in [0.25, 0.3) is 5.91 Å². The van der Waals surface area contributed by atoms with E-state index in [1.165, 1.54) is 18.2 Å². The van der Waals surface area contributed by atoms with Gasteiger partial charge in [0.15, 0.2) is 0 Å². The molecule has 1 heterocycles. The predicted molar refractivity (Wildman–Crippen MR) is 78.1 cm³/mol. The quantitative estimate of drug-likeness (QED) is 0.760. The zero-order valence-electron chi connectivity index (χ0n) is 10.8. The van der Waals surface area contributed by atoms with Gasteiger partial charge in [0.2, 0.25) is 5.91 Å². The molecule has 0 aliphatic carbocycles. The highest BCUT2D eigenvalue weighted by atomic mass is 35.5. The minimum Gasteiger partial charge on any atom is -0.274 e. The van der Waals surface area contributed by atoms with Crippen molar-refractivity contribution >= 4 is 29.1 Å². The van der Waals surface area contributed by atoms with Crippen LogP contribution in [0.4, 0.5) is 5.69 Å². The molecule has 0 bridgehead atoms. The summed E-state index contributed by atoms with van der Waals surface area (Å²) in [5.74, 6) is -0.723. The number of carbonyl (C=O) groups excluding carboxylic acids is 2. The number of carbonyl (C=O) groups is 2. The van der Waals surface area contributed by atoms with Crippen LogP contribution < -0.4 is 4.90 Å². The first-order chi connectivity index (χ1) is 10.1. The summed E-state index contributed by atoms with van der Waals surface area (Å²) in [4.78, 5) is 25.8. The third-order valence-electron chi connectivity index (χ3n) is 3.36. The minimum absolute atomic E-state index is 0.151. The summed E-state index contributed by atoms with van der Waals surface area (Å²) in [6.45, 7) is 0. The number of nitrogens with zero attached hydrogens (tertiary/aromatic N) is 2. The Balaban J connectivity index is 2.10. The number of amides is 2. The van der Waals surface area contributed by atoms with E-state index in [4.69, 9.17) is 16.9 Å². The number of nitriles is 1. The molecule has 3 rings (SSSR count). The maximum Gasteiger partial charge on any atom is 0.265 e. The maximum absolute atomic E-state index is 12.5. The second-order valence-corrected chi connectivity index (χ2v) is 5.05. The summed E-state index contributed by atoms with van der Waals surface area (Å²) in [5.41, 5.74) is 1.90. The molecule has 4 nitrogen and oxygen atoms in total. The third-order valence-corrected chi connectivity index (χ3v) is 3.66. The van der Waals surface area contributed by atoms with Gasteiger partial charge in [-0.1, -0.05) is 29.8 Å². The molecule has 0 spiro atoms. The Kier molecular flexibility index (Phi) is 3.20. The Morgan fingerprint density at radius 1 is 1.14 bits per heavy atom. The van der Waals surface area contributed by atoms with Crippen LogP contribution in [0.3, 0.4) is 0 Å². The average Bonchev–Trinajstić information content (AvgIpc) is 2.48. The van der Waals surface area contributed by atoms with Gasteiger partial charge in [-0.25, -0.2) is 4.90 Å². The average molecular weight is 297 g/mol. The van der Waals surface area contributed by atoms with E-state index in [1.807, 2.05) is 6.07 Å². The molecule has 102 valence electrons. The molecule has 0 saturated heterocycles. The molecule has 1 aliphatic rings. The van der Waals surface area contributed by atoms with Gasteiger partial charge in [0.1, 0.15) is 0 Å². The SMILES string of the molecule is N#Cc1ccc(N2C(=O)Cc3ccccc3C2=O)c(Cl)c1. The summed E-state index contributed by atoms with van der Waals surface area (Å²) in [6, 6.07) is 13.5. The van der Waals surface area contributed by atoms with E-state index in [9.17, 15) is 9.59 Å². The lowest BCUT2D eigenvalue weighted by atomic mass is 9.98. The van der Waals surface area contributed by atoms with Crippen molar-refractivity contribution in [2.24, 2.45) is 0 Å². The Morgan fingerprint density at radius 2 is 1.90 bits per heavy atom. The van der Waals surface area contributed by atoms with Crippen molar-refractivity contribution in [3.05, 3.63) is 64.2 Å². The van der Waals surface area contributed by atoms with Gasteiger partial charge >= 0.3 is 0 Å².